The summed E-state index contributed by atoms with van der Waals surface area (Å²) in [5, 5.41) is 6.15. The zero-order valence-electron chi connectivity index (χ0n) is 13.9. The van der Waals surface area contributed by atoms with Gasteiger partial charge >= 0.3 is 0 Å². The van der Waals surface area contributed by atoms with Crippen LogP contribution in [0.15, 0.2) is 34.9 Å². The first kappa shape index (κ1) is 18.5. The number of aromatic nitrogens is 1. The van der Waals surface area contributed by atoms with E-state index in [2.05, 4.69) is 15.2 Å². The summed E-state index contributed by atoms with van der Waals surface area (Å²) in [6.45, 7) is 1.49. The number of nitrogens with zero attached hydrogens (tertiary/aromatic N) is 2. The molecule has 0 aliphatic carbocycles. The van der Waals surface area contributed by atoms with Gasteiger partial charge in [-0.3, -0.25) is 14.3 Å². The molecule has 2 rings (SSSR count). The van der Waals surface area contributed by atoms with Gasteiger partial charge in [-0.1, -0.05) is 11.2 Å². The van der Waals surface area contributed by atoms with Crippen LogP contribution in [0.3, 0.4) is 0 Å². The highest BCUT2D eigenvalue weighted by molar-refractivity contribution is 7.92. The molecule has 1 aromatic carbocycles. The number of amides is 2. The van der Waals surface area contributed by atoms with Crippen molar-refractivity contribution in [3.63, 3.8) is 0 Å². The van der Waals surface area contributed by atoms with E-state index < -0.39 is 21.8 Å². The zero-order valence-corrected chi connectivity index (χ0v) is 14.8. The van der Waals surface area contributed by atoms with Crippen molar-refractivity contribution in [2.75, 3.05) is 29.9 Å². The predicted octanol–water partition coefficient (Wildman–Crippen LogP) is 1.07. The fraction of sp³-hybridized carbons (Fsp3) is 0.267. The first-order valence-corrected chi connectivity index (χ1v) is 9.09. The number of carbonyl (C=O) groups excluding carboxylic acids is 2. The van der Waals surface area contributed by atoms with Crippen LogP contribution in [0.2, 0.25) is 0 Å². The number of nitrogens with one attached hydrogen (secondary N) is 2. The van der Waals surface area contributed by atoms with E-state index in [4.69, 9.17) is 4.52 Å². The SMILES string of the molecule is Cc1cc(NC(=O)CN(C)C(=O)c2cccc(NS(C)(=O)=O)c2)no1. The molecule has 0 aliphatic rings. The summed E-state index contributed by atoms with van der Waals surface area (Å²) in [7, 11) is -1.98. The Kier molecular flexibility index (Phi) is 5.42. The number of hydrogen-bond acceptors (Lipinski definition) is 6. The van der Waals surface area contributed by atoms with Crippen molar-refractivity contribution in [2.45, 2.75) is 6.92 Å². The molecule has 0 saturated heterocycles. The first-order chi connectivity index (χ1) is 11.6. The lowest BCUT2D eigenvalue weighted by molar-refractivity contribution is -0.116. The molecule has 9 nitrogen and oxygen atoms in total. The summed E-state index contributed by atoms with van der Waals surface area (Å²) in [4.78, 5) is 25.5. The highest BCUT2D eigenvalue weighted by Crippen LogP contribution is 2.14. The maximum atomic E-state index is 12.4. The molecule has 1 aromatic heterocycles. The summed E-state index contributed by atoms with van der Waals surface area (Å²) in [6, 6.07) is 7.56. The minimum Gasteiger partial charge on any atom is -0.360 e. The largest absolute Gasteiger partial charge is 0.360 e. The second kappa shape index (κ2) is 7.34. The quantitative estimate of drug-likeness (QED) is 0.788. The van der Waals surface area contributed by atoms with Crippen LogP contribution < -0.4 is 10.0 Å². The number of aryl methyl sites for hydroxylation is 1. The van der Waals surface area contributed by atoms with Crippen molar-refractivity contribution >= 4 is 33.3 Å². The number of likely N-dealkylation sites (N-methyl/N-ethyl adjacent to an activating group) is 1. The molecule has 0 unspecified atom stereocenters. The molecule has 2 N–H and O–H groups in total. The summed E-state index contributed by atoms with van der Waals surface area (Å²) in [5.41, 5.74) is 0.519. The van der Waals surface area contributed by atoms with Gasteiger partial charge in [0.2, 0.25) is 15.9 Å². The van der Waals surface area contributed by atoms with E-state index in [1.54, 1.807) is 19.1 Å². The molecule has 25 heavy (non-hydrogen) atoms. The Labute approximate surface area is 145 Å². The fourth-order valence-corrected chi connectivity index (χ4v) is 2.60. The number of rotatable bonds is 6. The highest BCUT2D eigenvalue weighted by Gasteiger charge is 2.16. The topological polar surface area (TPSA) is 122 Å². The van der Waals surface area contributed by atoms with Gasteiger partial charge in [-0.15, -0.1) is 0 Å². The van der Waals surface area contributed by atoms with Crippen LogP contribution in [-0.4, -0.2) is 50.1 Å². The van der Waals surface area contributed by atoms with E-state index in [1.807, 2.05) is 0 Å². The lowest BCUT2D eigenvalue weighted by atomic mass is 10.2. The van der Waals surface area contributed by atoms with E-state index >= 15 is 0 Å². The van der Waals surface area contributed by atoms with Crippen molar-refractivity contribution in [2.24, 2.45) is 0 Å². The van der Waals surface area contributed by atoms with Gasteiger partial charge in [-0.25, -0.2) is 8.42 Å². The fourth-order valence-electron chi connectivity index (χ4n) is 2.05. The van der Waals surface area contributed by atoms with Crippen molar-refractivity contribution in [1.82, 2.24) is 10.1 Å². The molecular weight excluding hydrogens is 348 g/mol. The molecule has 2 aromatic rings. The number of benzene rings is 1. The van der Waals surface area contributed by atoms with E-state index in [-0.39, 0.29) is 23.6 Å². The zero-order chi connectivity index (χ0) is 18.6. The van der Waals surface area contributed by atoms with Gasteiger partial charge in [-0.05, 0) is 25.1 Å². The second-order valence-electron chi connectivity index (χ2n) is 5.49. The monoisotopic (exact) mass is 366 g/mol. The molecule has 2 amide bonds. The number of sulfonamides is 1. The predicted molar refractivity (Wildman–Crippen MR) is 91.7 cm³/mol. The smallest absolute Gasteiger partial charge is 0.254 e. The molecule has 1 heterocycles. The lowest BCUT2D eigenvalue weighted by Crippen LogP contribution is -2.35. The van der Waals surface area contributed by atoms with Crippen molar-refractivity contribution in [3.05, 3.63) is 41.7 Å². The van der Waals surface area contributed by atoms with Crippen LogP contribution >= 0.6 is 0 Å². The van der Waals surface area contributed by atoms with E-state index in [0.717, 1.165) is 6.26 Å². The minimum absolute atomic E-state index is 0.200. The van der Waals surface area contributed by atoms with Crippen LogP contribution in [0.25, 0.3) is 0 Å². The Balaban J connectivity index is 2.01. The van der Waals surface area contributed by atoms with Crippen LogP contribution in [0.4, 0.5) is 11.5 Å². The van der Waals surface area contributed by atoms with Gasteiger partial charge in [0.05, 0.1) is 12.8 Å². The van der Waals surface area contributed by atoms with Gasteiger partial charge in [0.1, 0.15) is 5.76 Å². The van der Waals surface area contributed by atoms with E-state index in [0.29, 0.717) is 5.76 Å². The number of anilines is 2. The van der Waals surface area contributed by atoms with Crippen molar-refractivity contribution in [3.8, 4) is 0 Å². The summed E-state index contributed by atoms with van der Waals surface area (Å²) in [5.74, 6) is -0.0455. The average Bonchev–Trinajstić information content (AvgIpc) is 2.89. The number of hydrogen-bond donors (Lipinski definition) is 2. The Morgan fingerprint density at radius 2 is 2.00 bits per heavy atom. The van der Waals surface area contributed by atoms with E-state index in [9.17, 15) is 18.0 Å². The third-order valence-electron chi connectivity index (χ3n) is 3.04. The van der Waals surface area contributed by atoms with Gasteiger partial charge in [0, 0.05) is 24.4 Å². The molecule has 0 fully saturated rings. The third-order valence-corrected chi connectivity index (χ3v) is 3.64. The maximum Gasteiger partial charge on any atom is 0.254 e. The van der Waals surface area contributed by atoms with Crippen LogP contribution in [-0.2, 0) is 14.8 Å². The molecule has 10 heteroatoms. The molecule has 0 spiro atoms. The first-order valence-electron chi connectivity index (χ1n) is 7.20. The maximum absolute atomic E-state index is 12.4. The van der Waals surface area contributed by atoms with Crippen molar-refractivity contribution in [1.29, 1.82) is 0 Å². The molecule has 0 bridgehead atoms. The van der Waals surface area contributed by atoms with Crippen LogP contribution in [0, 0.1) is 6.92 Å². The Bertz CT molecular complexity index is 891. The van der Waals surface area contributed by atoms with Crippen molar-refractivity contribution < 1.29 is 22.5 Å². The summed E-state index contributed by atoms with van der Waals surface area (Å²) < 4.78 is 29.7. The minimum atomic E-state index is -3.45. The lowest BCUT2D eigenvalue weighted by Gasteiger charge is -2.17. The highest BCUT2D eigenvalue weighted by atomic mass is 32.2. The molecule has 0 atom stereocenters. The Morgan fingerprint density at radius 1 is 1.28 bits per heavy atom. The molecule has 134 valence electrons. The summed E-state index contributed by atoms with van der Waals surface area (Å²) in [6.07, 6.45) is 1.02. The summed E-state index contributed by atoms with van der Waals surface area (Å²) >= 11 is 0. The van der Waals surface area contributed by atoms with Gasteiger partial charge in [0.15, 0.2) is 5.82 Å². The normalized spacial score (nSPS) is 11.0. The van der Waals surface area contributed by atoms with Gasteiger partial charge in [0.25, 0.3) is 5.91 Å². The molecule has 0 aliphatic heterocycles. The molecule has 0 radical (unpaired) electrons. The molecular formula is C15H18N4O5S. The Hall–Kier alpha value is -2.88. The van der Waals surface area contributed by atoms with E-state index in [1.165, 1.54) is 30.1 Å². The standard InChI is InChI=1S/C15H18N4O5S/c1-10-7-13(17-24-10)16-14(20)9-19(2)15(21)11-5-4-6-12(8-11)18-25(3,22)23/h4-8,18H,9H2,1-3H3,(H,16,17,20). The molecule has 0 saturated carbocycles. The number of carbonyl (C=O) groups is 2. The third kappa shape index (κ3) is 5.60. The Morgan fingerprint density at radius 3 is 2.60 bits per heavy atom. The van der Waals surface area contributed by atoms with Crippen LogP contribution in [0.5, 0.6) is 0 Å². The van der Waals surface area contributed by atoms with Gasteiger partial charge < -0.3 is 14.7 Å². The average molecular weight is 366 g/mol. The van der Waals surface area contributed by atoms with Crippen LogP contribution in [0.1, 0.15) is 16.1 Å². The second-order valence-corrected chi connectivity index (χ2v) is 7.24. The van der Waals surface area contributed by atoms with Gasteiger partial charge in [-0.2, -0.15) is 0 Å².